The molecule has 3 rings (SSSR count). The molecule has 0 unspecified atom stereocenters. The zero-order valence-corrected chi connectivity index (χ0v) is 10.3. The van der Waals surface area contributed by atoms with Gasteiger partial charge >= 0.3 is 0 Å². The van der Waals surface area contributed by atoms with Crippen LogP contribution in [0.5, 0.6) is 5.75 Å². The summed E-state index contributed by atoms with van der Waals surface area (Å²) in [6.45, 7) is 0. The minimum absolute atomic E-state index is 0.201. The molecule has 3 aromatic rings. The van der Waals surface area contributed by atoms with Crippen molar-refractivity contribution < 1.29 is 5.11 Å². The van der Waals surface area contributed by atoms with E-state index in [0.717, 1.165) is 21.5 Å². The molecule has 0 aromatic carbocycles. The number of hydrogen-bond donors (Lipinski definition) is 1. The maximum Gasteiger partial charge on any atom is 0.147 e. The van der Waals surface area contributed by atoms with Crippen LogP contribution in [-0.2, 0) is 0 Å². The highest BCUT2D eigenvalue weighted by Crippen LogP contribution is 2.27. The summed E-state index contributed by atoms with van der Waals surface area (Å²) in [5.41, 5.74) is 1.81. The molecule has 1 N–H and O–H groups in total. The van der Waals surface area contributed by atoms with E-state index in [-0.39, 0.29) is 5.75 Å². The molecule has 0 aliphatic rings. The number of pyridine rings is 2. The number of nitrogens with zero attached hydrogens (tertiary/aromatic N) is 3. The zero-order valence-electron chi connectivity index (χ0n) is 8.71. The Hall–Kier alpha value is -1.88. The van der Waals surface area contributed by atoms with Gasteiger partial charge in [0.15, 0.2) is 0 Å². The summed E-state index contributed by atoms with van der Waals surface area (Å²) < 4.78 is 2.58. The van der Waals surface area contributed by atoms with E-state index < -0.39 is 0 Å². The van der Waals surface area contributed by atoms with Crippen LogP contribution >= 0.6 is 15.9 Å². The molecule has 0 fully saturated rings. The molecule has 5 heteroatoms. The fraction of sp³-hybridized carbons (Fsp3) is 0. The maximum absolute atomic E-state index is 9.53. The van der Waals surface area contributed by atoms with Crippen molar-refractivity contribution in [3.8, 4) is 17.1 Å². The van der Waals surface area contributed by atoms with Gasteiger partial charge in [-0.25, -0.2) is 4.98 Å². The summed E-state index contributed by atoms with van der Waals surface area (Å²) >= 11 is 3.41. The van der Waals surface area contributed by atoms with E-state index >= 15 is 0 Å². The van der Waals surface area contributed by atoms with Crippen LogP contribution in [0.25, 0.3) is 16.9 Å². The van der Waals surface area contributed by atoms with Gasteiger partial charge in [-0.2, -0.15) is 0 Å². The van der Waals surface area contributed by atoms with Crippen LogP contribution < -0.4 is 0 Å². The minimum Gasteiger partial charge on any atom is -0.506 e. The fourth-order valence-electron chi connectivity index (χ4n) is 1.74. The Labute approximate surface area is 106 Å². The second kappa shape index (κ2) is 3.85. The predicted molar refractivity (Wildman–Crippen MR) is 67.8 cm³/mol. The van der Waals surface area contributed by atoms with Crippen molar-refractivity contribution in [2.75, 3.05) is 0 Å². The van der Waals surface area contributed by atoms with Gasteiger partial charge in [-0.1, -0.05) is 0 Å². The van der Waals surface area contributed by atoms with E-state index in [1.54, 1.807) is 24.7 Å². The van der Waals surface area contributed by atoms with Gasteiger partial charge in [0, 0.05) is 18.0 Å². The van der Waals surface area contributed by atoms with Gasteiger partial charge in [-0.15, -0.1) is 0 Å². The van der Waals surface area contributed by atoms with Gasteiger partial charge in [0.25, 0.3) is 0 Å². The van der Waals surface area contributed by atoms with Crippen LogP contribution in [-0.4, -0.2) is 19.5 Å². The highest BCUT2D eigenvalue weighted by atomic mass is 79.9. The summed E-state index contributed by atoms with van der Waals surface area (Å²) in [7, 11) is 0. The van der Waals surface area contributed by atoms with Crippen LogP contribution in [0, 0.1) is 0 Å². The monoisotopic (exact) mass is 289 g/mol. The number of aromatic nitrogens is 3. The molecule has 0 bridgehead atoms. The average Bonchev–Trinajstić information content (AvgIpc) is 2.67. The molecule has 0 atom stereocenters. The van der Waals surface area contributed by atoms with Gasteiger partial charge in [0.05, 0.1) is 11.7 Å². The van der Waals surface area contributed by atoms with Gasteiger partial charge < -0.3 is 5.11 Å². The molecule has 17 heavy (non-hydrogen) atoms. The van der Waals surface area contributed by atoms with E-state index in [1.807, 2.05) is 22.6 Å². The van der Waals surface area contributed by atoms with Gasteiger partial charge in [0.1, 0.15) is 16.2 Å². The predicted octanol–water partition coefficient (Wildman–Crippen LogP) is 2.86. The molecule has 84 valence electrons. The normalized spacial score (nSPS) is 10.9. The van der Waals surface area contributed by atoms with Crippen molar-refractivity contribution in [1.82, 2.24) is 14.4 Å². The maximum atomic E-state index is 9.53. The fourth-order valence-corrected chi connectivity index (χ4v) is 2.23. The van der Waals surface area contributed by atoms with Crippen molar-refractivity contribution in [3.63, 3.8) is 0 Å². The lowest BCUT2D eigenvalue weighted by Crippen LogP contribution is -1.89. The number of rotatable bonds is 1. The molecular weight excluding hydrogens is 282 g/mol. The first-order valence-corrected chi connectivity index (χ1v) is 5.82. The second-order valence-corrected chi connectivity index (χ2v) is 4.36. The summed E-state index contributed by atoms with van der Waals surface area (Å²) in [4.78, 5) is 8.50. The van der Waals surface area contributed by atoms with Crippen LogP contribution in [0.1, 0.15) is 0 Å². The van der Waals surface area contributed by atoms with Gasteiger partial charge in [-0.05, 0) is 40.2 Å². The topological polar surface area (TPSA) is 50.4 Å². The first kappa shape index (κ1) is 10.3. The minimum atomic E-state index is 0.201. The SMILES string of the molecule is Oc1ccc2c(Br)nc(-c3cccnc3)n2c1. The largest absolute Gasteiger partial charge is 0.506 e. The number of aromatic hydroxyl groups is 1. The Balaban J connectivity index is 2.34. The zero-order chi connectivity index (χ0) is 11.8. The lowest BCUT2D eigenvalue weighted by molar-refractivity contribution is 0.472. The van der Waals surface area contributed by atoms with Gasteiger partial charge in [-0.3, -0.25) is 9.38 Å². The third-order valence-electron chi connectivity index (χ3n) is 2.50. The number of imidazole rings is 1. The average molecular weight is 290 g/mol. The molecule has 4 nitrogen and oxygen atoms in total. The van der Waals surface area contributed by atoms with E-state index in [2.05, 4.69) is 25.9 Å². The first-order valence-electron chi connectivity index (χ1n) is 5.02. The summed E-state index contributed by atoms with van der Waals surface area (Å²) in [5.74, 6) is 0.948. The number of fused-ring (bicyclic) bond motifs is 1. The van der Waals surface area contributed by atoms with E-state index in [1.165, 1.54) is 0 Å². The summed E-state index contributed by atoms with van der Waals surface area (Å²) in [6, 6.07) is 7.23. The Morgan fingerprint density at radius 1 is 1.24 bits per heavy atom. The smallest absolute Gasteiger partial charge is 0.147 e. The molecule has 0 aliphatic heterocycles. The highest BCUT2D eigenvalue weighted by molar-refractivity contribution is 9.10. The van der Waals surface area contributed by atoms with Crippen molar-refractivity contribution in [1.29, 1.82) is 0 Å². The van der Waals surface area contributed by atoms with Crippen LogP contribution in [0.2, 0.25) is 0 Å². The Bertz CT molecular complexity index is 679. The molecule has 0 amide bonds. The lowest BCUT2D eigenvalue weighted by atomic mass is 10.3. The molecule has 0 saturated carbocycles. The molecule has 0 spiro atoms. The number of hydrogen-bond acceptors (Lipinski definition) is 3. The van der Waals surface area contributed by atoms with Crippen molar-refractivity contribution in [3.05, 3.63) is 47.5 Å². The molecule has 3 aromatic heterocycles. The quantitative estimate of drug-likeness (QED) is 0.749. The highest BCUT2D eigenvalue weighted by Gasteiger charge is 2.11. The second-order valence-electron chi connectivity index (χ2n) is 3.61. The van der Waals surface area contributed by atoms with Crippen LogP contribution in [0.4, 0.5) is 0 Å². The van der Waals surface area contributed by atoms with Gasteiger partial charge in [0.2, 0.25) is 0 Å². The Morgan fingerprint density at radius 3 is 2.88 bits per heavy atom. The molecular formula is C12H8BrN3O. The third kappa shape index (κ3) is 1.68. The molecule has 0 aliphatic carbocycles. The summed E-state index contributed by atoms with van der Waals surface area (Å²) in [6.07, 6.45) is 5.09. The van der Waals surface area contributed by atoms with E-state index in [9.17, 15) is 5.11 Å². The van der Waals surface area contributed by atoms with E-state index in [4.69, 9.17) is 0 Å². The first-order chi connectivity index (χ1) is 8.25. The third-order valence-corrected chi connectivity index (χ3v) is 3.08. The summed E-state index contributed by atoms with van der Waals surface area (Å²) in [5, 5.41) is 9.53. The number of halogens is 1. The van der Waals surface area contributed by atoms with Crippen LogP contribution in [0.15, 0.2) is 47.5 Å². The van der Waals surface area contributed by atoms with Crippen molar-refractivity contribution in [2.24, 2.45) is 0 Å². The van der Waals surface area contributed by atoms with Crippen molar-refractivity contribution >= 4 is 21.4 Å². The Kier molecular flexibility index (Phi) is 2.33. The Morgan fingerprint density at radius 2 is 2.12 bits per heavy atom. The molecule has 3 heterocycles. The van der Waals surface area contributed by atoms with Crippen LogP contribution in [0.3, 0.4) is 0 Å². The van der Waals surface area contributed by atoms with Crippen molar-refractivity contribution in [2.45, 2.75) is 0 Å². The molecule has 0 saturated heterocycles. The molecule has 0 radical (unpaired) electrons. The standard InChI is InChI=1S/C12H8BrN3O/c13-11-10-4-3-9(17)7-16(10)12(15-11)8-2-1-5-14-6-8/h1-7,17H. The lowest BCUT2D eigenvalue weighted by Gasteiger charge is -2.01. The van der Waals surface area contributed by atoms with E-state index in [0.29, 0.717) is 0 Å².